The van der Waals surface area contributed by atoms with Gasteiger partial charge in [0, 0.05) is 49.2 Å². The number of nitrogens with two attached hydrogens (primary N) is 1. The zero-order valence-electron chi connectivity index (χ0n) is 14.8. The molecular weight excluding hydrogens is 330 g/mol. The van der Waals surface area contributed by atoms with Crippen LogP contribution in [0.5, 0.6) is 0 Å². The van der Waals surface area contributed by atoms with Gasteiger partial charge in [-0.1, -0.05) is 0 Å². The Balaban J connectivity index is 1.60. The monoisotopic (exact) mass is 353 g/mol. The van der Waals surface area contributed by atoms with Crippen LogP contribution in [0, 0.1) is 0 Å². The number of fused-ring (bicyclic) bond motifs is 1. The fourth-order valence-electron chi connectivity index (χ4n) is 3.92. The summed E-state index contributed by atoms with van der Waals surface area (Å²) in [4.78, 5) is 22.9. The molecule has 2 aromatic rings. The van der Waals surface area contributed by atoms with E-state index in [1.807, 2.05) is 0 Å². The molecule has 0 bridgehead atoms. The SMILES string of the molecule is Nc1ncc(-c2nc(N3CCOCC3)nc3c2CCN3C2CCC2)cn1. The van der Waals surface area contributed by atoms with Gasteiger partial charge in [-0.25, -0.2) is 15.0 Å². The smallest absolute Gasteiger partial charge is 0.228 e. The number of nitrogen functional groups attached to an aromatic ring is 1. The predicted octanol–water partition coefficient (Wildman–Crippen LogP) is 1.27. The van der Waals surface area contributed by atoms with Crippen LogP contribution in [0.2, 0.25) is 0 Å². The van der Waals surface area contributed by atoms with Gasteiger partial charge in [0.25, 0.3) is 0 Å². The molecule has 0 atom stereocenters. The van der Waals surface area contributed by atoms with E-state index in [9.17, 15) is 0 Å². The predicted molar refractivity (Wildman–Crippen MR) is 99.2 cm³/mol. The van der Waals surface area contributed by atoms with E-state index in [4.69, 9.17) is 20.4 Å². The molecule has 0 radical (unpaired) electrons. The molecule has 1 aliphatic carbocycles. The summed E-state index contributed by atoms with van der Waals surface area (Å²) in [6, 6.07) is 0.624. The van der Waals surface area contributed by atoms with Crippen LogP contribution in [0.25, 0.3) is 11.3 Å². The molecule has 0 spiro atoms. The Morgan fingerprint density at radius 2 is 1.81 bits per heavy atom. The van der Waals surface area contributed by atoms with E-state index in [1.165, 1.54) is 24.8 Å². The van der Waals surface area contributed by atoms with Crippen molar-refractivity contribution in [1.29, 1.82) is 0 Å². The molecule has 5 rings (SSSR count). The van der Waals surface area contributed by atoms with Crippen molar-refractivity contribution in [1.82, 2.24) is 19.9 Å². The van der Waals surface area contributed by atoms with Gasteiger partial charge in [0.05, 0.1) is 18.9 Å². The van der Waals surface area contributed by atoms with Gasteiger partial charge in [0.2, 0.25) is 11.9 Å². The van der Waals surface area contributed by atoms with Crippen LogP contribution < -0.4 is 15.5 Å². The van der Waals surface area contributed by atoms with Crippen LogP contribution in [-0.4, -0.2) is 58.8 Å². The van der Waals surface area contributed by atoms with Crippen molar-refractivity contribution in [2.75, 3.05) is 48.4 Å². The molecule has 8 heteroatoms. The van der Waals surface area contributed by atoms with Gasteiger partial charge in [-0.15, -0.1) is 0 Å². The lowest BCUT2D eigenvalue weighted by atomic mass is 9.92. The Hall–Kier alpha value is -2.48. The first kappa shape index (κ1) is 15.7. The van der Waals surface area contributed by atoms with E-state index in [-0.39, 0.29) is 5.95 Å². The third-order valence-electron chi connectivity index (χ3n) is 5.60. The number of rotatable bonds is 3. The number of aromatic nitrogens is 4. The van der Waals surface area contributed by atoms with Crippen molar-refractivity contribution in [3.8, 4) is 11.3 Å². The Morgan fingerprint density at radius 1 is 1.04 bits per heavy atom. The largest absolute Gasteiger partial charge is 0.378 e. The number of morpholine rings is 1. The molecule has 4 heterocycles. The summed E-state index contributed by atoms with van der Waals surface area (Å²) in [6.07, 6.45) is 8.33. The van der Waals surface area contributed by atoms with Crippen molar-refractivity contribution in [3.05, 3.63) is 18.0 Å². The summed E-state index contributed by atoms with van der Waals surface area (Å²) < 4.78 is 5.49. The van der Waals surface area contributed by atoms with Crippen LogP contribution in [0.3, 0.4) is 0 Å². The highest BCUT2D eigenvalue weighted by Crippen LogP contribution is 2.39. The Bertz CT molecular complexity index is 800. The minimum atomic E-state index is 0.281. The van der Waals surface area contributed by atoms with Crippen molar-refractivity contribution in [3.63, 3.8) is 0 Å². The Labute approximate surface area is 152 Å². The van der Waals surface area contributed by atoms with Crippen LogP contribution in [0.4, 0.5) is 17.7 Å². The highest BCUT2D eigenvalue weighted by Gasteiger charge is 2.34. The molecule has 1 saturated carbocycles. The van der Waals surface area contributed by atoms with Gasteiger partial charge in [-0.2, -0.15) is 4.98 Å². The number of hydrogen-bond acceptors (Lipinski definition) is 8. The molecular formula is C18H23N7O. The fraction of sp³-hybridized carbons (Fsp3) is 0.556. The summed E-state index contributed by atoms with van der Waals surface area (Å²) in [7, 11) is 0. The third-order valence-corrected chi connectivity index (χ3v) is 5.60. The van der Waals surface area contributed by atoms with Gasteiger partial charge < -0.3 is 20.3 Å². The number of ether oxygens (including phenoxy) is 1. The highest BCUT2D eigenvalue weighted by atomic mass is 16.5. The molecule has 0 aromatic carbocycles. The molecule has 2 fully saturated rings. The van der Waals surface area contributed by atoms with E-state index >= 15 is 0 Å². The summed E-state index contributed by atoms with van der Waals surface area (Å²) in [5.74, 6) is 2.16. The zero-order valence-corrected chi connectivity index (χ0v) is 14.8. The average molecular weight is 353 g/mol. The first-order valence-electron chi connectivity index (χ1n) is 9.38. The molecule has 1 saturated heterocycles. The molecule has 26 heavy (non-hydrogen) atoms. The van der Waals surface area contributed by atoms with Crippen molar-refractivity contribution in [2.24, 2.45) is 0 Å². The summed E-state index contributed by atoms with van der Waals surface area (Å²) in [5, 5.41) is 0. The molecule has 2 aliphatic heterocycles. The molecule has 8 nitrogen and oxygen atoms in total. The first-order chi connectivity index (χ1) is 12.8. The Kier molecular flexibility index (Phi) is 3.85. The third kappa shape index (κ3) is 2.65. The second-order valence-corrected chi connectivity index (χ2v) is 7.13. The van der Waals surface area contributed by atoms with E-state index in [0.29, 0.717) is 19.3 Å². The minimum absolute atomic E-state index is 0.281. The molecule has 0 amide bonds. The zero-order chi connectivity index (χ0) is 17.5. The van der Waals surface area contributed by atoms with Crippen molar-refractivity contribution in [2.45, 2.75) is 31.7 Å². The fourth-order valence-corrected chi connectivity index (χ4v) is 3.92. The van der Waals surface area contributed by atoms with Crippen LogP contribution in [-0.2, 0) is 11.2 Å². The first-order valence-corrected chi connectivity index (χ1v) is 9.38. The van der Waals surface area contributed by atoms with Crippen LogP contribution in [0.1, 0.15) is 24.8 Å². The molecule has 2 N–H and O–H groups in total. The van der Waals surface area contributed by atoms with Gasteiger partial charge in [0.15, 0.2) is 0 Å². The maximum atomic E-state index is 5.67. The van der Waals surface area contributed by atoms with Crippen LogP contribution in [0.15, 0.2) is 12.4 Å². The van der Waals surface area contributed by atoms with E-state index < -0.39 is 0 Å². The number of anilines is 3. The van der Waals surface area contributed by atoms with E-state index in [1.54, 1.807) is 12.4 Å². The van der Waals surface area contributed by atoms with Gasteiger partial charge >= 0.3 is 0 Å². The quantitative estimate of drug-likeness (QED) is 0.882. The summed E-state index contributed by atoms with van der Waals surface area (Å²) in [5.41, 5.74) is 8.73. The summed E-state index contributed by atoms with van der Waals surface area (Å²) >= 11 is 0. The van der Waals surface area contributed by atoms with Gasteiger partial charge in [-0.05, 0) is 25.7 Å². The lowest BCUT2D eigenvalue weighted by molar-refractivity contribution is 0.122. The number of nitrogens with zero attached hydrogens (tertiary/aromatic N) is 6. The molecule has 0 unspecified atom stereocenters. The van der Waals surface area contributed by atoms with E-state index in [2.05, 4.69) is 19.8 Å². The highest BCUT2D eigenvalue weighted by molar-refractivity contribution is 5.72. The lowest BCUT2D eigenvalue weighted by Crippen LogP contribution is -2.40. The summed E-state index contributed by atoms with van der Waals surface area (Å²) in [6.45, 7) is 4.09. The molecule has 2 aromatic heterocycles. The second-order valence-electron chi connectivity index (χ2n) is 7.13. The number of hydrogen-bond donors (Lipinski definition) is 1. The van der Waals surface area contributed by atoms with Crippen molar-refractivity contribution < 1.29 is 4.74 Å². The normalized spacial score (nSPS) is 20.2. The lowest BCUT2D eigenvalue weighted by Gasteiger charge is -2.36. The standard InChI is InChI=1S/C18H23N7O/c19-17-20-10-12(11-21-17)15-14-4-5-25(13-2-1-3-13)16(14)23-18(22-15)24-6-8-26-9-7-24/h10-11,13H,1-9H2,(H2,19,20,21). The van der Waals surface area contributed by atoms with Gasteiger partial charge in [-0.3, -0.25) is 0 Å². The topological polar surface area (TPSA) is 93.3 Å². The molecule has 3 aliphatic rings. The van der Waals surface area contributed by atoms with Gasteiger partial charge in [0.1, 0.15) is 5.82 Å². The Morgan fingerprint density at radius 3 is 2.50 bits per heavy atom. The average Bonchev–Trinajstić information content (AvgIpc) is 3.05. The van der Waals surface area contributed by atoms with Crippen LogP contribution >= 0.6 is 0 Å². The maximum absolute atomic E-state index is 5.67. The maximum Gasteiger partial charge on any atom is 0.228 e. The minimum Gasteiger partial charge on any atom is -0.378 e. The molecule has 136 valence electrons. The second kappa shape index (κ2) is 6.35. The van der Waals surface area contributed by atoms with E-state index in [0.717, 1.165) is 49.1 Å². The van der Waals surface area contributed by atoms with Crippen molar-refractivity contribution >= 4 is 17.7 Å².